The topological polar surface area (TPSA) is 46.2 Å². The first-order chi connectivity index (χ1) is 7.00. The molecule has 3 nitrogen and oxygen atoms in total. The molecule has 0 atom stereocenters. The molecular weight excluding hydrogens is 234 g/mol. The van der Waals surface area contributed by atoms with Crippen molar-refractivity contribution in [2.24, 2.45) is 0 Å². The highest BCUT2D eigenvalue weighted by Crippen LogP contribution is 1.99. The number of alkyl halides is 1. The molecular formula is C10H22ClNO2S. The maximum atomic E-state index is 11.4. The minimum Gasteiger partial charge on any atom is -0.316 e. The van der Waals surface area contributed by atoms with Crippen LogP contribution in [0.2, 0.25) is 0 Å². The summed E-state index contributed by atoms with van der Waals surface area (Å²) in [5.74, 6) is 0.946. The van der Waals surface area contributed by atoms with Crippen molar-refractivity contribution in [2.75, 3.05) is 24.7 Å². The number of sulfone groups is 1. The van der Waals surface area contributed by atoms with Crippen LogP contribution in [0.4, 0.5) is 0 Å². The number of hydrogen-bond donors (Lipinski definition) is 1. The molecule has 0 bridgehead atoms. The summed E-state index contributed by atoms with van der Waals surface area (Å²) in [6.45, 7) is 4.87. The van der Waals surface area contributed by atoms with Gasteiger partial charge in [0.1, 0.15) is 0 Å². The summed E-state index contributed by atoms with van der Waals surface area (Å²) in [5.41, 5.74) is 0. The molecule has 0 aromatic carbocycles. The van der Waals surface area contributed by atoms with Crippen LogP contribution < -0.4 is 5.32 Å². The lowest BCUT2D eigenvalue weighted by Crippen LogP contribution is -2.27. The molecule has 0 amide bonds. The van der Waals surface area contributed by atoms with Crippen LogP contribution in [0, 0.1) is 0 Å². The third-order valence-electron chi connectivity index (χ3n) is 2.27. The Balaban J connectivity index is 3.39. The van der Waals surface area contributed by atoms with Crippen LogP contribution in [0.3, 0.4) is 0 Å². The second kappa shape index (κ2) is 8.36. The summed E-state index contributed by atoms with van der Waals surface area (Å²) < 4.78 is 22.8. The lowest BCUT2D eigenvalue weighted by atomic mass is 10.2. The molecule has 0 saturated heterocycles. The average molecular weight is 256 g/mol. The SMILES string of the molecule is CC(C)S(=O)(=O)CCNCCCCCCl. The van der Waals surface area contributed by atoms with E-state index in [4.69, 9.17) is 11.6 Å². The molecule has 0 spiro atoms. The zero-order valence-corrected chi connectivity index (χ0v) is 11.2. The van der Waals surface area contributed by atoms with Gasteiger partial charge in [0.15, 0.2) is 9.84 Å². The maximum absolute atomic E-state index is 11.4. The monoisotopic (exact) mass is 255 g/mol. The molecule has 0 radical (unpaired) electrons. The van der Waals surface area contributed by atoms with Crippen molar-refractivity contribution in [3.63, 3.8) is 0 Å². The van der Waals surface area contributed by atoms with Gasteiger partial charge in [-0.25, -0.2) is 8.42 Å². The van der Waals surface area contributed by atoms with E-state index in [-0.39, 0.29) is 11.0 Å². The van der Waals surface area contributed by atoms with Crippen LogP contribution in [-0.4, -0.2) is 38.4 Å². The largest absolute Gasteiger partial charge is 0.316 e. The zero-order chi connectivity index (χ0) is 11.7. The smallest absolute Gasteiger partial charge is 0.153 e. The van der Waals surface area contributed by atoms with E-state index in [2.05, 4.69) is 5.32 Å². The molecule has 0 aromatic rings. The summed E-state index contributed by atoms with van der Waals surface area (Å²) in [5, 5.41) is 2.87. The van der Waals surface area contributed by atoms with Crippen LogP contribution in [0.25, 0.3) is 0 Å². The fourth-order valence-electron chi connectivity index (χ4n) is 1.10. The van der Waals surface area contributed by atoms with Crippen LogP contribution in [0.1, 0.15) is 33.1 Å². The fourth-order valence-corrected chi connectivity index (χ4v) is 2.19. The summed E-state index contributed by atoms with van der Waals surface area (Å²) in [6.07, 6.45) is 3.20. The Morgan fingerprint density at radius 3 is 2.33 bits per heavy atom. The molecule has 0 aromatic heterocycles. The molecule has 0 fully saturated rings. The van der Waals surface area contributed by atoms with Gasteiger partial charge < -0.3 is 5.32 Å². The van der Waals surface area contributed by atoms with Gasteiger partial charge in [0, 0.05) is 12.4 Å². The van der Waals surface area contributed by atoms with Crippen LogP contribution >= 0.6 is 11.6 Å². The third-order valence-corrected chi connectivity index (χ3v) is 4.75. The molecule has 0 aliphatic rings. The van der Waals surface area contributed by atoms with Crippen molar-refractivity contribution < 1.29 is 8.42 Å². The van der Waals surface area contributed by atoms with Crippen molar-refractivity contribution in [2.45, 2.75) is 38.4 Å². The van der Waals surface area contributed by atoms with Crippen LogP contribution in [-0.2, 0) is 9.84 Å². The first-order valence-electron chi connectivity index (χ1n) is 5.49. The highest BCUT2D eigenvalue weighted by atomic mass is 35.5. The normalized spacial score (nSPS) is 12.3. The van der Waals surface area contributed by atoms with Crippen molar-refractivity contribution >= 4 is 21.4 Å². The number of unbranched alkanes of at least 4 members (excludes halogenated alkanes) is 2. The minimum absolute atomic E-state index is 0.236. The highest BCUT2D eigenvalue weighted by molar-refractivity contribution is 7.92. The van der Waals surface area contributed by atoms with Crippen LogP contribution in [0.5, 0.6) is 0 Å². The Morgan fingerprint density at radius 2 is 1.80 bits per heavy atom. The van der Waals surface area contributed by atoms with E-state index in [0.29, 0.717) is 12.4 Å². The van der Waals surface area contributed by atoms with Gasteiger partial charge in [-0.3, -0.25) is 0 Å². The van der Waals surface area contributed by atoms with E-state index in [1.165, 1.54) is 0 Å². The van der Waals surface area contributed by atoms with Crippen molar-refractivity contribution in [1.29, 1.82) is 0 Å². The van der Waals surface area contributed by atoms with Gasteiger partial charge in [0.2, 0.25) is 0 Å². The lowest BCUT2D eigenvalue weighted by Gasteiger charge is -2.08. The molecule has 92 valence electrons. The fraction of sp³-hybridized carbons (Fsp3) is 1.00. The third kappa shape index (κ3) is 8.05. The van der Waals surface area contributed by atoms with Crippen molar-refractivity contribution in [3.8, 4) is 0 Å². The molecule has 0 unspecified atom stereocenters. The van der Waals surface area contributed by atoms with Gasteiger partial charge in [-0.1, -0.05) is 6.42 Å². The summed E-state index contributed by atoms with van der Waals surface area (Å²) >= 11 is 5.54. The Labute approximate surface area is 98.5 Å². The summed E-state index contributed by atoms with van der Waals surface area (Å²) in [7, 11) is -2.88. The molecule has 0 aliphatic heterocycles. The molecule has 0 saturated carbocycles. The first-order valence-corrected chi connectivity index (χ1v) is 7.74. The Bertz CT molecular complexity index is 240. The highest BCUT2D eigenvalue weighted by Gasteiger charge is 2.14. The minimum atomic E-state index is -2.88. The van der Waals surface area contributed by atoms with Gasteiger partial charge in [-0.2, -0.15) is 0 Å². The van der Waals surface area contributed by atoms with Crippen LogP contribution in [0.15, 0.2) is 0 Å². The predicted octanol–water partition coefficient (Wildman–Crippen LogP) is 1.81. The summed E-state index contributed by atoms with van der Waals surface area (Å²) in [6, 6.07) is 0. The van der Waals surface area contributed by atoms with E-state index in [1.807, 2.05) is 0 Å². The average Bonchev–Trinajstić information content (AvgIpc) is 2.16. The molecule has 1 N–H and O–H groups in total. The van der Waals surface area contributed by atoms with E-state index < -0.39 is 9.84 Å². The molecule has 0 aliphatic carbocycles. The number of hydrogen-bond acceptors (Lipinski definition) is 3. The lowest BCUT2D eigenvalue weighted by molar-refractivity contribution is 0.578. The molecule has 0 heterocycles. The predicted molar refractivity (Wildman–Crippen MR) is 66.4 cm³/mol. The number of nitrogens with one attached hydrogen (secondary N) is 1. The number of rotatable bonds is 9. The van der Waals surface area contributed by atoms with E-state index in [1.54, 1.807) is 13.8 Å². The van der Waals surface area contributed by atoms with Gasteiger partial charge in [0.05, 0.1) is 11.0 Å². The Kier molecular flexibility index (Phi) is 8.47. The quantitative estimate of drug-likeness (QED) is 0.505. The molecule has 15 heavy (non-hydrogen) atoms. The molecule has 5 heteroatoms. The van der Waals surface area contributed by atoms with E-state index in [0.717, 1.165) is 25.8 Å². The first kappa shape index (κ1) is 15.2. The Hall–Kier alpha value is 0.200. The van der Waals surface area contributed by atoms with Gasteiger partial charge in [0.25, 0.3) is 0 Å². The van der Waals surface area contributed by atoms with E-state index >= 15 is 0 Å². The van der Waals surface area contributed by atoms with Gasteiger partial charge in [-0.05, 0) is 33.2 Å². The molecule has 0 rings (SSSR count). The van der Waals surface area contributed by atoms with Crippen molar-refractivity contribution in [1.82, 2.24) is 5.32 Å². The number of halogens is 1. The van der Waals surface area contributed by atoms with Gasteiger partial charge in [-0.15, -0.1) is 11.6 Å². The van der Waals surface area contributed by atoms with Gasteiger partial charge >= 0.3 is 0 Å². The van der Waals surface area contributed by atoms with Crippen molar-refractivity contribution in [3.05, 3.63) is 0 Å². The van der Waals surface area contributed by atoms with E-state index in [9.17, 15) is 8.42 Å². The maximum Gasteiger partial charge on any atom is 0.153 e. The standard InChI is InChI=1S/C10H22ClNO2S/c1-10(2)15(13,14)9-8-12-7-5-3-4-6-11/h10,12H,3-9H2,1-2H3. The second-order valence-electron chi connectivity index (χ2n) is 3.92. The second-order valence-corrected chi connectivity index (χ2v) is 6.97. The Morgan fingerprint density at radius 1 is 1.13 bits per heavy atom. The zero-order valence-electron chi connectivity index (χ0n) is 9.63. The summed E-state index contributed by atoms with van der Waals surface area (Å²) in [4.78, 5) is 0.